The summed E-state index contributed by atoms with van der Waals surface area (Å²) in [4.78, 5) is 17.7. The minimum atomic E-state index is 0.0452. The van der Waals surface area contributed by atoms with Crippen LogP contribution in [-0.4, -0.2) is 28.3 Å². The highest BCUT2D eigenvalue weighted by molar-refractivity contribution is 8.38. The van der Waals surface area contributed by atoms with Crippen LogP contribution in [0.2, 0.25) is 5.02 Å². The average Bonchev–Trinajstić information content (AvgIpc) is 2.65. The van der Waals surface area contributed by atoms with Crippen LogP contribution in [0.3, 0.4) is 0 Å². The van der Waals surface area contributed by atoms with Crippen molar-refractivity contribution >= 4 is 62.9 Å². The van der Waals surface area contributed by atoms with Gasteiger partial charge in [-0.3, -0.25) is 4.79 Å². The number of para-hydroxylation sites is 1. The van der Waals surface area contributed by atoms with E-state index in [0.717, 1.165) is 31.5 Å². The molecular weight excluding hydrogens is 392 g/mol. The molecular formula is C18H17ClN2OS3. The van der Waals surface area contributed by atoms with Crippen LogP contribution in [0.25, 0.3) is 0 Å². The molecule has 1 aliphatic heterocycles. The molecule has 0 aliphatic carbocycles. The fourth-order valence-electron chi connectivity index (χ4n) is 2.15. The van der Waals surface area contributed by atoms with Gasteiger partial charge < -0.3 is 5.32 Å². The molecule has 0 aromatic heterocycles. The number of hydrogen-bond donors (Lipinski definition) is 1. The van der Waals surface area contributed by atoms with Gasteiger partial charge in [-0.05, 0) is 35.9 Å². The number of thioether (sulfide) groups is 3. The van der Waals surface area contributed by atoms with Crippen LogP contribution < -0.4 is 5.32 Å². The lowest BCUT2D eigenvalue weighted by molar-refractivity contribution is -0.118. The molecule has 0 saturated heterocycles. The summed E-state index contributed by atoms with van der Waals surface area (Å²) < 4.78 is 0.962. The second kappa shape index (κ2) is 9.57. The van der Waals surface area contributed by atoms with E-state index in [0.29, 0.717) is 12.3 Å². The maximum atomic E-state index is 12.0. The zero-order chi connectivity index (χ0) is 17.5. The Balaban J connectivity index is 1.36. The largest absolute Gasteiger partial charge is 0.355 e. The molecule has 0 unspecified atom stereocenters. The van der Waals surface area contributed by atoms with Crippen molar-refractivity contribution < 1.29 is 4.79 Å². The summed E-state index contributed by atoms with van der Waals surface area (Å²) in [7, 11) is 0. The second-order valence-electron chi connectivity index (χ2n) is 5.24. The van der Waals surface area contributed by atoms with Crippen molar-refractivity contribution in [1.29, 1.82) is 0 Å². The predicted octanol–water partition coefficient (Wildman–Crippen LogP) is 5.22. The Bertz CT molecular complexity index is 765. The number of fused-ring (bicyclic) bond motifs is 1. The minimum Gasteiger partial charge on any atom is -0.355 e. The highest BCUT2D eigenvalue weighted by atomic mass is 35.5. The average molecular weight is 409 g/mol. The topological polar surface area (TPSA) is 41.5 Å². The molecule has 7 heteroatoms. The van der Waals surface area contributed by atoms with Crippen molar-refractivity contribution in [2.24, 2.45) is 4.99 Å². The number of nitrogens with zero attached hydrogens (tertiary/aromatic N) is 1. The molecule has 1 amide bonds. The monoisotopic (exact) mass is 408 g/mol. The van der Waals surface area contributed by atoms with E-state index in [4.69, 9.17) is 11.6 Å². The molecule has 2 aromatic carbocycles. The summed E-state index contributed by atoms with van der Waals surface area (Å²) in [5.41, 5.74) is 2.27. The van der Waals surface area contributed by atoms with Crippen LogP contribution in [-0.2, 0) is 10.5 Å². The zero-order valence-corrected chi connectivity index (χ0v) is 16.6. The number of nitrogens with one attached hydrogen (secondary N) is 1. The summed E-state index contributed by atoms with van der Waals surface area (Å²) in [6.07, 6.45) is 0. The molecule has 25 heavy (non-hydrogen) atoms. The van der Waals surface area contributed by atoms with Gasteiger partial charge in [0.1, 0.15) is 4.38 Å². The van der Waals surface area contributed by atoms with Crippen LogP contribution in [0.15, 0.2) is 58.4 Å². The molecule has 3 rings (SSSR count). The molecule has 1 aliphatic rings. The Morgan fingerprint density at radius 1 is 1.16 bits per heavy atom. The van der Waals surface area contributed by atoms with Crippen molar-refractivity contribution in [3.05, 3.63) is 59.1 Å². The normalized spacial score (nSPS) is 13.1. The summed E-state index contributed by atoms with van der Waals surface area (Å²) in [6.45, 7) is 0.648. The van der Waals surface area contributed by atoms with Crippen molar-refractivity contribution in [2.45, 2.75) is 10.6 Å². The molecule has 0 bridgehead atoms. The van der Waals surface area contributed by atoms with Crippen LogP contribution in [0.5, 0.6) is 0 Å². The standard InChI is InChI=1S/C18H17ClN2OS3/c19-14-5-7-15(8-6-14)23-10-9-20-17(22)12-25-18-21-16-4-2-1-3-13(16)11-24-18/h1-8H,9-12H2,(H,20,22). The number of carbonyl (C=O) groups excluding carboxylic acids is 1. The summed E-state index contributed by atoms with van der Waals surface area (Å²) >= 11 is 10.8. The van der Waals surface area contributed by atoms with E-state index in [-0.39, 0.29) is 5.91 Å². The number of benzene rings is 2. The summed E-state index contributed by atoms with van der Waals surface area (Å²) in [5, 5.41) is 3.69. The third-order valence-corrected chi connectivity index (χ3v) is 6.90. The molecule has 1 N–H and O–H groups in total. The summed E-state index contributed by atoms with van der Waals surface area (Å²) in [5.74, 6) is 2.20. The van der Waals surface area contributed by atoms with E-state index in [1.807, 2.05) is 42.5 Å². The highest BCUT2D eigenvalue weighted by Gasteiger charge is 2.13. The Kier molecular flexibility index (Phi) is 7.16. The number of aliphatic imine (C=N–C) groups is 1. The van der Waals surface area contributed by atoms with E-state index < -0.39 is 0 Å². The van der Waals surface area contributed by atoms with Crippen LogP contribution >= 0.6 is 46.9 Å². The number of amides is 1. The molecule has 130 valence electrons. The lowest BCUT2D eigenvalue weighted by Crippen LogP contribution is -2.27. The third kappa shape index (κ3) is 5.99. The Morgan fingerprint density at radius 2 is 1.96 bits per heavy atom. The van der Waals surface area contributed by atoms with Gasteiger partial charge in [0.05, 0.1) is 11.4 Å². The molecule has 0 atom stereocenters. The fraction of sp³-hybridized carbons (Fsp3) is 0.222. The highest BCUT2D eigenvalue weighted by Crippen LogP contribution is 2.34. The molecule has 2 aromatic rings. The lowest BCUT2D eigenvalue weighted by atomic mass is 10.2. The quantitative estimate of drug-likeness (QED) is 0.525. The number of halogens is 1. The Morgan fingerprint density at radius 3 is 2.80 bits per heavy atom. The van der Waals surface area contributed by atoms with E-state index in [2.05, 4.69) is 16.4 Å². The first-order valence-electron chi connectivity index (χ1n) is 7.78. The third-order valence-electron chi connectivity index (χ3n) is 3.39. The van der Waals surface area contributed by atoms with E-state index in [9.17, 15) is 4.79 Å². The van der Waals surface area contributed by atoms with Crippen molar-refractivity contribution in [3.8, 4) is 0 Å². The van der Waals surface area contributed by atoms with Gasteiger partial charge in [0.25, 0.3) is 0 Å². The zero-order valence-electron chi connectivity index (χ0n) is 13.4. The van der Waals surface area contributed by atoms with Gasteiger partial charge in [-0.25, -0.2) is 4.99 Å². The lowest BCUT2D eigenvalue weighted by Gasteiger charge is -2.14. The molecule has 0 saturated carbocycles. The first-order valence-corrected chi connectivity index (χ1v) is 11.1. The number of carbonyl (C=O) groups is 1. The van der Waals surface area contributed by atoms with Gasteiger partial charge in [-0.15, -0.1) is 11.8 Å². The Labute approximate surface area is 165 Å². The first kappa shape index (κ1) is 18.7. The van der Waals surface area contributed by atoms with Gasteiger partial charge in [0.2, 0.25) is 5.91 Å². The molecule has 1 heterocycles. The second-order valence-corrected chi connectivity index (χ2v) is 9.03. The number of hydrogen-bond acceptors (Lipinski definition) is 5. The van der Waals surface area contributed by atoms with Gasteiger partial charge in [0.15, 0.2) is 0 Å². The Hall–Kier alpha value is -1.08. The van der Waals surface area contributed by atoms with Crippen molar-refractivity contribution in [2.75, 3.05) is 18.1 Å². The van der Waals surface area contributed by atoms with E-state index >= 15 is 0 Å². The van der Waals surface area contributed by atoms with Crippen LogP contribution in [0.1, 0.15) is 5.56 Å². The van der Waals surface area contributed by atoms with Crippen molar-refractivity contribution in [3.63, 3.8) is 0 Å². The first-order chi connectivity index (χ1) is 12.2. The summed E-state index contributed by atoms with van der Waals surface area (Å²) in [6, 6.07) is 15.9. The van der Waals surface area contributed by atoms with Crippen molar-refractivity contribution in [1.82, 2.24) is 5.32 Å². The maximum absolute atomic E-state index is 12.0. The van der Waals surface area contributed by atoms with Gasteiger partial charge >= 0.3 is 0 Å². The van der Waals surface area contributed by atoms with Gasteiger partial charge in [-0.1, -0.05) is 53.3 Å². The predicted molar refractivity (Wildman–Crippen MR) is 112 cm³/mol. The van der Waals surface area contributed by atoms with Crippen LogP contribution in [0.4, 0.5) is 5.69 Å². The molecule has 0 fully saturated rings. The smallest absolute Gasteiger partial charge is 0.230 e. The molecule has 0 spiro atoms. The SMILES string of the molecule is O=C(CSC1=Nc2ccccc2CS1)NCCSc1ccc(Cl)cc1. The fourth-order valence-corrected chi connectivity index (χ4v) is 4.94. The van der Waals surface area contributed by atoms with E-state index in [1.54, 1.807) is 23.5 Å². The minimum absolute atomic E-state index is 0.0452. The van der Waals surface area contributed by atoms with Gasteiger partial charge in [-0.2, -0.15) is 0 Å². The maximum Gasteiger partial charge on any atom is 0.230 e. The van der Waals surface area contributed by atoms with Crippen LogP contribution in [0, 0.1) is 0 Å². The number of rotatable bonds is 6. The van der Waals surface area contributed by atoms with Gasteiger partial charge in [0, 0.05) is 28.0 Å². The van der Waals surface area contributed by atoms with E-state index in [1.165, 1.54) is 17.3 Å². The molecule has 0 radical (unpaired) electrons. The molecule has 3 nitrogen and oxygen atoms in total.